The van der Waals surface area contributed by atoms with Gasteiger partial charge in [-0.3, -0.25) is 9.59 Å². The van der Waals surface area contributed by atoms with Gasteiger partial charge in [-0.2, -0.15) is 0 Å². The molecule has 2 N–H and O–H groups in total. The van der Waals surface area contributed by atoms with Crippen LogP contribution in [0.2, 0.25) is 0 Å². The van der Waals surface area contributed by atoms with E-state index in [1.165, 1.54) is 0 Å². The Morgan fingerprint density at radius 1 is 1.32 bits per heavy atom. The molecule has 1 aliphatic heterocycles. The van der Waals surface area contributed by atoms with E-state index in [4.69, 9.17) is 9.47 Å². The van der Waals surface area contributed by atoms with E-state index in [1.807, 2.05) is 6.08 Å². The van der Waals surface area contributed by atoms with Crippen LogP contribution in [0.5, 0.6) is 0 Å². The maximum atomic E-state index is 13.2. The predicted octanol–water partition coefficient (Wildman–Crippen LogP) is 2.72. The van der Waals surface area contributed by atoms with Gasteiger partial charge in [-0.25, -0.2) is 0 Å². The second-order valence-corrected chi connectivity index (χ2v) is 10.7. The maximum Gasteiger partial charge on any atom is 0.193 e. The van der Waals surface area contributed by atoms with Crippen molar-refractivity contribution in [2.24, 2.45) is 28.6 Å². The zero-order chi connectivity index (χ0) is 22.2. The third-order valence-electron chi connectivity index (χ3n) is 9.37. The second kappa shape index (κ2) is 7.08. The first kappa shape index (κ1) is 21.5. The molecule has 0 bridgehead atoms. The van der Waals surface area contributed by atoms with Gasteiger partial charge >= 0.3 is 0 Å². The van der Waals surface area contributed by atoms with Gasteiger partial charge in [-0.05, 0) is 56.1 Å². The highest BCUT2D eigenvalue weighted by molar-refractivity contribution is 6.01. The molecule has 0 radical (unpaired) electrons. The van der Waals surface area contributed by atoms with Crippen LogP contribution in [-0.2, 0) is 19.1 Å². The molecule has 1 heterocycles. The van der Waals surface area contributed by atoms with Crippen LogP contribution in [0.4, 0.5) is 0 Å². The van der Waals surface area contributed by atoms with Crippen LogP contribution >= 0.6 is 0 Å². The highest BCUT2D eigenvalue weighted by atomic mass is 16.7. The number of allylic oxidation sites excluding steroid dienone is 4. The number of carbonyl (C=O) groups excluding carboxylic acids is 2. The topological polar surface area (TPSA) is 93.1 Å². The summed E-state index contributed by atoms with van der Waals surface area (Å²) in [5.41, 5.74) is -1.05. The highest BCUT2D eigenvalue weighted by Crippen LogP contribution is 2.69. The first-order chi connectivity index (χ1) is 14.7. The van der Waals surface area contributed by atoms with Crippen molar-refractivity contribution < 1.29 is 29.3 Å². The fourth-order valence-corrected chi connectivity index (χ4v) is 8.12. The number of Topliss-reactive ketones (excluding diaryl/α,β-unsaturated/α-hetero) is 1. The number of aliphatic hydroxyl groups is 2. The minimum Gasteiger partial charge on any atom is -0.393 e. The lowest BCUT2D eigenvalue weighted by Crippen LogP contribution is -2.63. The summed E-state index contributed by atoms with van der Waals surface area (Å²) in [6.07, 6.45) is 8.31. The Bertz CT molecular complexity index is 862. The minimum atomic E-state index is -1.20. The summed E-state index contributed by atoms with van der Waals surface area (Å²) in [5, 5.41) is 21.4. The predicted molar refractivity (Wildman–Crippen MR) is 113 cm³/mol. The van der Waals surface area contributed by atoms with Crippen molar-refractivity contribution in [2.45, 2.75) is 83.4 Å². The summed E-state index contributed by atoms with van der Waals surface area (Å²) >= 11 is 0. The molecule has 4 fully saturated rings. The SMILES string of the molecule is CCCC1O[C@@H]2CC3C4CCC5=CC(=O)C=CC5(C)C4[C@@H](O)CC3(C)[C@]2(C(=O)CO)O1. The first-order valence-electron chi connectivity index (χ1n) is 11.8. The number of hydrogen-bond acceptors (Lipinski definition) is 6. The molecule has 6 nitrogen and oxygen atoms in total. The van der Waals surface area contributed by atoms with E-state index < -0.39 is 36.1 Å². The summed E-state index contributed by atoms with van der Waals surface area (Å²) < 4.78 is 12.7. The molecule has 31 heavy (non-hydrogen) atoms. The summed E-state index contributed by atoms with van der Waals surface area (Å²) in [4.78, 5) is 25.2. The number of rotatable bonds is 4. The Morgan fingerprint density at radius 3 is 2.81 bits per heavy atom. The minimum absolute atomic E-state index is 0.0125. The number of aliphatic hydroxyl groups excluding tert-OH is 2. The van der Waals surface area contributed by atoms with Gasteiger partial charge in [-0.15, -0.1) is 0 Å². The van der Waals surface area contributed by atoms with Crippen LogP contribution in [0.1, 0.15) is 59.3 Å². The molecule has 1 saturated heterocycles. The second-order valence-electron chi connectivity index (χ2n) is 10.7. The molecule has 6 unspecified atom stereocenters. The number of hydrogen-bond donors (Lipinski definition) is 2. The molecular formula is C25H34O6. The Labute approximate surface area is 183 Å². The van der Waals surface area contributed by atoms with Crippen LogP contribution in [0.25, 0.3) is 0 Å². The lowest BCUT2D eigenvalue weighted by molar-refractivity contribution is -0.200. The molecule has 0 aromatic rings. The van der Waals surface area contributed by atoms with Gasteiger partial charge in [0.05, 0.1) is 12.2 Å². The molecule has 0 spiro atoms. The average molecular weight is 431 g/mol. The van der Waals surface area contributed by atoms with Crippen molar-refractivity contribution in [3.05, 3.63) is 23.8 Å². The number of ether oxygens (including phenoxy) is 2. The fourth-order valence-electron chi connectivity index (χ4n) is 8.12. The first-order valence-corrected chi connectivity index (χ1v) is 11.8. The average Bonchev–Trinajstić information content (AvgIpc) is 3.20. The lowest BCUT2D eigenvalue weighted by Gasteiger charge is -2.59. The smallest absolute Gasteiger partial charge is 0.193 e. The molecule has 0 aromatic heterocycles. The van der Waals surface area contributed by atoms with E-state index in [0.29, 0.717) is 19.3 Å². The third kappa shape index (κ3) is 2.65. The largest absolute Gasteiger partial charge is 0.393 e. The molecular weight excluding hydrogens is 396 g/mol. The standard InChI is InChI=1S/C25H34O6/c1-4-5-21-30-20-11-17-16-7-6-14-10-15(27)8-9-23(14,2)22(16)18(28)12-24(17,3)25(20,31-21)19(29)13-26/h8-10,16-18,20-22,26,28H,4-7,11-13H2,1-3H3/t16?,17?,18-,20+,21?,22?,23?,24?,25+/m0/s1. The van der Waals surface area contributed by atoms with Gasteiger partial charge in [0, 0.05) is 16.7 Å². The van der Waals surface area contributed by atoms with E-state index in [2.05, 4.69) is 20.8 Å². The summed E-state index contributed by atoms with van der Waals surface area (Å²) in [6, 6.07) is 0. The van der Waals surface area contributed by atoms with E-state index >= 15 is 0 Å². The molecule has 6 heteroatoms. The zero-order valence-corrected chi connectivity index (χ0v) is 18.7. The van der Waals surface area contributed by atoms with Gasteiger partial charge in [0.15, 0.2) is 23.5 Å². The van der Waals surface area contributed by atoms with Crippen LogP contribution < -0.4 is 0 Å². The fraction of sp³-hybridized carbons (Fsp3) is 0.760. The highest BCUT2D eigenvalue weighted by Gasteiger charge is 2.75. The molecule has 3 saturated carbocycles. The normalized spacial score (nSPS) is 50.4. The Kier molecular flexibility index (Phi) is 4.91. The van der Waals surface area contributed by atoms with Gasteiger partial charge in [0.25, 0.3) is 0 Å². The number of carbonyl (C=O) groups is 2. The maximum absolute atomic E-state index is 13.2. The third-order valence-corrected chi connectivity index (χ3v) is 9.37. The lowest BCUT2D eigenvalue weighted by atomic mass is 9.46. The Hall–Kier alpha value is -1.34. The van der Waals surface area contributed by atoms with Gasteiger partial charge in [0.2, 0.25) is 0 Å². The van der Waals surface area contributed by atoms with Gasteiger partial charge in [-0.1, -0.05) is 38.8 Å². The van der Waals surface area contributed by atoms with E-state index in [-0.39, 0.29) is 34.7 Å². The number of fused-ring (bicyclic) bond motifs is 7. The van der Waals surface area contributed by atoms with Crippen molar-refractivity contribution in [1.29, 1.82) is 0 Å². The van der Waals surface area contributed by atoms with E-state index in [0.717, 1.165) is 24.8 Å². The molecule has 4 aliphatic carbocycles. The summed E-state index contributed by atoms with van der Waals surface area (Å²) in [5.74, 6) is 0.0274. The van der Waals surface area contributed by atoms with Crippen molar-refractivity contribution in [1.82, 2.24) is 0 Å². The molecule has 170 valence electrons. The zero-order valence-electron chi connectivity index (χ0n) is 18.7. The quantitative estimate of drug-likeness (QED) is 0.712. The van der Waals surface area contributed by atoms with Gasteiger partial charge in [0.1, 0.15) is 6.61 Å². The monoisotopic (exact) mass is 430 g/mol. The van der Waals surface area contributed by atoms with Gasteiger partial charge < -0.3 is 19.7 Å². The molecule has 9 atom stereocenters. The number of ketones is 2. The Balaban J connectivity index is 1.55. The van der Waals surface area contributed by atoms with Crippen molar-refractivity contribution in [3.8, 4) is 0 Å². The Morgan fingerprint density at radius 2 is 2.10 bits per heavy atom. The summed E-state index contributed by atoms with van der Waals surface area (Å²) in [7, 11) is 0. The summed E-state index contributed by atoms with van der Waals surface area (Å²) in [6.45, 7) is 5.67. The van der Waals surface area contributed by atoms with Crippen LogP contribution in [-0.4, -0.2) is 52.5 Å². The van der Waals surface area contributed by atoms with E-state index in [1.54, 1.807) is 12.2 Å². The molecule has 0 amide bonds. The van der Waals surface area contributed by atoms with Crippen molar-refractivity contribution >= 4 is 11.6 Å². The molecule has 0 aromatic carbocycles. The van der Waals surface area contributed by atoms with Crippen molar-refractivity contribution in [2.75, 3.05) is 6.61 Å². The van der Waals surface area contributed by atoms with Crippen LogP contribution in [0.15, 0.2) is 23.8 Å². The molecule has 5 rings (SSSR count). The van der Waals surface area contributed by atoms with Crippen LogP contribution in [0.3, 0.4) is 0 Å². The van der Waals surface area contributed by atoms with Crippen LogP contribution in [0, 0.1) is 28.6 Å². The van der Waals surface area contributed by atoms with E-state index in [9.17, 15) is 19.8 Å². The van der Waals surface area contributed by atoms with Crippen molar-refractivity contribution in [3.63, 3.8) is 0 Å². The molecule has 5 aliphatic rings.